The molecule has 1 aromatic rings. The standard InChI is InChI=1S/C15H18F3N3O3/c1-24-10-13(22)20-5-7-21(8-6-20)14(23)19-12-4-2-3-11(9-12)15(16,17)18/h2-4,9H,5-8,10H2,1H3,(H,19,23). The van der Waals surface area contributed by atoms with Crippen molar-refractivity contribution >= 4 is 17.6 Å². The van der Waals surface area contributed by atoms with Crippen molar-refractivity contribution < 1.29 is 27.5 Å². The maximum Gasteiger partial charge on any atom is 0.416 e. The minimum atomic E-state index is -4.46. The summed E-state index contributed by atoms with van der Waals surface area (Å²) in [5.74, 6) is -0.157. The van der Waals surface area contributed by atoms with Gasteiger partial charge < -0.3 is 19.9 Å². The van der Waals surface area contributed by atoms with Crippen LogP contribution in [0.15, 0.2) is 24.3 Å². The smallest absolute Gasteiger partial charge is 0.375 e. The molecule has 3 amide bonds. The SMILES string of the molecule is COCC(=O)N1CCN(C(=O)Nc2cccc(C(F)(F)F)c2)CC1. The number of nitrogens with one attached hydrogen (secondary N) is 1. The lowest BCUT2D eigenvalue weighted by atomic mass is 10.2. The fourth-order valence-electron chi connectivity index (χ4n) is 2.35. The van der Waals surface area contributed by atoms with Crippen LogP contribution in [0.2, 0.25) is 0 Å². The Morgan fingerprint density at radius 1 is 1.17 bits per heavy atom. The molecule has 6 nitrogen and oxygen atoms in total. The van der Waals surface area contributed by atoms with Gasteiger partial charge in [0.2, 0.25) is 5.91 Å². The number of hydrogen-bond donors (Lipinski definition) is 1. The molecule has 132 valence electrons. The van der Waals surface area contributed by atoms with Crippen LogP contribution in [-0.4, -0.2) is 61.6 Å². The number of halogens is 3. The first kappa shape index (κ1) is 18.1. The molecule has 0 aromatic heterocycles. The maximum absolute atomic E-state index is 12.7. The number of carbonyl (C=O) groups excluding carboxylic acids is 2. The molecule has 1 aromatic carbocycles. The monoisotopic (exact) mass is 345 g/mol. The van der Waals surface area contributed by atoms with Crippen molar-refractivity contribution in [1.82, 2.24) is 9.80 Å². The van der Waals surface area contributed by atoms with Crippen LogP contribution in [0.5, 0.6) is 0 Å². The zero-order valence-electron chi connectivity index (χ0n) is 13.1. The summed E-state index contributed by atoms with van der Waals surface area (Å²) in [5, 5.41) is 2.45. The van der Waals surface area contributed by atoms with Gasteiger partial charge in [-0.2, -0.15) is 13.2 Å². The highest BCUT2D eigenvalue weighted by atomic mass is 19.4. The summed E-state index contributed by atoms with van der Waals surface area (Å²) in [6.45, 7) is 1.31. The van der Waals surface area contributed by atoms with E-state index in [-0.39, 0.29) is 18.2 Å². The molecular weight excluding hydrogens is 327 g/mol. The molecule has 0 atom stereocenters. The van der Waals surface area contributed by atoms with Crippen molar-refractivity contribution in [1.29, 1.82) is 0 Å². The first-order valence-electron chi connectivity index (χ1n) is 7.31. The lowest BCUT2D eigenvalue weighted by Gasteiger charge is -2.34. The molecule has 1 aliphatic heterocycles. The second-order valence-corrected chi connectivity index (χ2v) is 5.31. The van der Waals surface area contributed by atoms with Crippen molar-refractivity contribution in [2.75, 3.05) is 45.2 Å². The van der Waals surface area contributed by atoms with E-state index in [4.69, 9.17) is 4.74 Å². The van der Waals surface area contributed by atoms with Gasteiger partial charge in [-0.05, 0) is 18.2 Å². The number of anilines is 1. The molecule has 9 heteroatoms. The summed E-state index contributed by atoms with van der Waals surface area (Å²) in [7, 11) is 1.43. The minimum absolute atomic E-state index is 0.0174. The molecule has 1 N–H and O–H groups in total. The van der Waals surface area contributed by atoms with E-state index in [9.17, 15) is 22.8 Å². The van der Waals surface area contributed by atoms with Crippen LogP contribution >= 0.6 is 0 Å². The number of nitrogens with zero attached hydrogens (tertiary/aromatic N) is 2. The van der Waals surface area contributed by atoms with Crippen molar-refractivity contribution in [2.24, 2.45) is 0 Å². The first-order chi connectivity index (χ1) is 11.3. The highest BCUT2D eigenvalue weighted by molar-refractivity contribution is 5.89. The number of rotatable bonds is 3. The fourth-order valence-corrected chi connectivity index (χ4v) is 2.35. The molecule has 0 unspecified atom stereocenters. The number of benzene rings is 1. The lowest BCUT2D eigenvalue weighted by Crippen LogP contribution is -2.52. The number of urea groups is 1. The molecule has 2 rings (SSSR count). The number of carbonyl (C=O) groups is 2. The Labute approximate surface area is 137 Å². The van der Waals surface area contributed by atoms with E-state index in [0.717, 1.165) is 12.1 Å². The van der Waals surface area contributed by atoms with Gasteiger partial charge in [0.25, 0.3) is 0 Å². The third-order valence-corrected chi connectivity index (χ3v) is 3.63. The van der Waals surface area contributed by atoms with Crippen molar-refractivity contribution in [2.45, 2.75) is 6.18 Å². The van der Waals surface area contributed by atoms with Crippen molar-refractivity contribution in [3.63, 3.8) is 0 Å². The Kier molecular flexibility index (Phi) is 5.66. The first-order valence-corrected chi connectivity index (χ1v) is 7.31. The number of alkyl halides is 3. The van der Waals surface area contributed by atoms with E-state index in [0.29, 0.717) is 26.2 Å². The van der Waals surface area contributed by atoms with Crippen molar-refractivity contribution in [3.05, 3.63) is 29.8 Å². The molecule has 1 saturated heterocycles. The maximum atomic E-state index is 12.7. The van der Waals surface area contributed by atoms with E-state index < -0.39 is 17.8 Å². The Hall–Kier alpha value is -2.29. The van der Waals surface area contributed by atoms with Gasteiger partial charge in [0.15, 0.2) is 0 Å². The van der Waals surface area contributed by atoms with Crippen LogP contribution in [0.4, 0.5) is 23.7 Å². The van der Waals surface area contributed by atoms with Gasteiger partial charge in [-0.15, -0.1) is 0 Å². The summed E-state index contributed by atoms with van der Waals surface area (Å²) < 4.78 is 42.8. The number of methoxy groups -OCH3 is 1. The van der Waals surface area contributed by atoms with Crippen LogP contribution in [0.25, 0.3) is 0 Å². The normalized spacial score (nSPS) is 15.3. The molecule has 0 saturated carbocycles. The summed E-state index contributed by atoms with van der Waals surface area (Å²) in [4.78, 5) is 26.8. The molecule has 1 aliphatic rings. The largest absolute Gasteiger partial charge is 0.416 e. The summed E-state index contributed by atoms with van der Waals surface area (Å²) in [5.41, 5.74) is -0.747. The Bertz CT molecular complexity index is 599. The average Bonchev–Trinajstić information content (AvgIpc) is 2.54. The predicted molar refractivity (Wildman–Crippen MR) is 80.5 cm³/mol. The molecule has 24 heavy (non-hydrogen) atoms. The fraction of sp³-hybridized carbons (Fsp3) is 0.467. The van der Waals surface area contributed by atoms with Gasteiger partial charge in [-0.25, -0.2) is 4.79 Å². The van der Waals surface area contributed by atoms with E-state index in [1.165, 1.54) is 24.1 Å². The Balaban J connectivity index is 1.91. The molecule has 0 spiro atoms. The highest BCUT2D eigenvalue weighted by Crippen LogP contribution is 2.30. The van der Waals surface area contributed by atoms with E-state index in [2.05, 4.69) is 5.32 Å². The van der Waals surface area contributed by atoms with E-state index in [1.54, 1.807) is 4.90 Å². The summed E-state index contributed by atoms with van der Waals surface area (Å²) >= 11 is 0. The third kappa shape index (κ3) is 4.60. The second-order valence-electron chi connectivity index (χ2n) is 5.31. The zero-order valence-corrected chi connectivity index (χ0v) is 13.1. The zero-order chi connectivity index (χ0) is 17.7. The molecular formula is C15H18F3N3O3. The van der Waals surface area contributed by atoms with Crippen LogP contribution in [-0.2, 0) is 15.7 Å². The quantitative estimate of drug-likeness (QED) is 0.912. The van der Waals surface area contributed by atoms with Gasteiger partial charge in [0.1, 0.15) is 6.61 Å². The number of amides is 3. The second kappa shape index (κ2) is 7.52. The molecule has 0 bridgehead atoms. The third-order valence-electron chi connectivity index (χ3n) is 3.63. The Morgan fingerprint density at radius 3 is 2.38 bits per heavy atom. The van der Waals surface area contributed by atoms with Crippen LogP contribution < -0.4 is 5.32 Å². The van der Waals surface area contributed by atoms with E-state index >= 15 is 0 Å². The predicted octanol–water partition coefficient (Wildman–Crippen LogP) is 2.03. The van der Waals surface area contributed by atoms with E-state index in [1.807, 2.05) is 0 Å². The molecule has 1 heterocycles. The van der Waals surface area contributed by atoms with Gasteiger partial charge in [-0.1, -0.05) is 6.07 Å². The van der Waals surface area contributed by atoms with Crippen molar-refractivity contribution in [3.8, 4) is 0 Å². The lowest BCUT2D eigenvalue weighted by molar-refractivity contribution is -0.137. The highest BCUT2D eigenvalue weighted by Gasteiger charge is 2.31. The summed E-state index contributed by atoms with van der Waals surface area (Å²) in [6.07, 6.45) is -4.46. The topological polar surface area (TPSA) is 61.9 Å². The molecule has 0 aliphatic carbocycles. The number of hydrogen-bond acceptors (Lipinski definition) is 3. The van der Waals surface area contributed by atoms with Crippen LogP contribution in [0.1, 0.15) is 5.56 Å². The van der Waals surface area contributed by atoms with Crippen LogP contribution in [0, 0.1) is 0 Å². The molecule has 0 radical (unpaired) electrons. The number of ether oxygens (including phenoxy) is 1. The minimum Gasteiger partial charge on any atom is -0.375 e. The van der Waals surface area contributed by atoms with Crippen LogP contribution in [0.3, 0.4) is 0 Å². The summed E-state index contributed by atoms with van der Waals surface area (Å²) in [6, 6.07) is 3.96. The van der Waals surface area contributed by atoms with Gasteiger partial charge in [0, 0.05) is 39.0 Å². The number of piperazine rings is 1. The Morgan fingerprint density at radius 2 is 1.79 bits per heavy atom. The average molecular weight is 345 g/mol. The van der Waals surface area contributed by atoms with Gasteiger partial charge in [0.05, 0.1) is 5.56 Å². The molecule has 1 fully saturated rings. The van der Waals surface area contributed by atoms with Gasteiger partial charge in [-0.3, -0.25) is 4.79 Å². The van der Waals surface area contributed by atoms with Gasteiger partial charge >= 0.3 is 12.2 Å².